The number of fused-ring (bicyclic) bond motifs is 1. The molecule has 1 aliphatic heterocycles. The number of ether oxygens (including phenoxy) is 3. The molecule has 0 saturated heterocycles. The molecule has 1 amide bonds. The summed E-state index contributed by atoms with van der Waals surface area (Å²) in [6, 6.07) is 13.3. The monoisotopic (exact) mass is 379 g/mol. The fraction of sp³-hybridized carbons (Fsp3) is 0.238. The maximum absolute atomic E-state index is 12.4. The first-order chi connectivity index (χ1) is 13.6. The quantitative estimate of drug-likeness (QED) is 0.736. The van der Waals surface area contributed by atoms with Gasteiger partial charge in [-0.2, -0.15) is 0 Å². The van der Waals surface area contributed by atoms with Gasteiger partial charge < -0.3 is 19.5 Å². The van der Waals surface area contributed by atoms with Crippen molar-refractivity contribution in [3.8, 4) is 22.9 Å². The molecule has 4 rings (SSSR count). The topological polar surface area (TPSA) is 74.6 Å². The third kappa shape index (κ3) is 3.05. The molecule has 3 aromatic rings. The van der Waals surface area contributed by atoms with E-state index in [2.05, 4.69) is 10.3 Å². The second-order valence-corrected chi connectivity index (χ2v) is 6.47. The maximum atomic E-state index is 12.4. The van der Waals surface area contributed by atoms with Gasteiger partial charge in [0.2, 0.25) is 5.91 Å². The molecule has 1 N–H and O–H groups in total. The number of carbonyl (C=O) groups is 1. The molecule has 2 heterocycles. The smallest absolute Gasteiger partial charge is 0.226 e. The van der Waals surface area contributed by atoms with E-state index in [0.717, 1.165) is 22.7 Å². The Morgan fingerprint density at radius 2 is 1.75 bits per heavy atom. The van der Waals surface area contributed by atoms with Gasteiger partial charge in [-0.3, -0.25) is 9.36 Å². The van der Waals surface area contributed by atoms with Crippen molar-refractivity contribution < 1.29 is 19.0 Å². The van der Waals surface area contributed by atoms with E-state index in [9.17, 15) is 4.79 Å². The summed E-state index contributed by atoms with van der Waals surface area (Å²) in [4.78, 5) is 17.1. The van der Waals surface area contributed by atoms with Crippen LogP contribution < -0.4 is 19.5 Å². The molecule has 0 aliphatic carbocycles. The van der Waals surface area contributed by atoms with Crippen molar-refractivity contribution in [2.24, 2.45) is 0 Å². The van der Waals surface area contributed by atoms with Crippen molar-refractivity contribution in [2.75, 3.05) is 26.6 Å². The fourth-order valence-corrected chi connectivity index (χ4v) is 3.49. The van der Waals surface area contributed by atoms with Gasteiger partial charge in [0.05, 0.1) is 27.0 Å². The zero-order valence-corrected chi connectivity index (χ0v) is 15.9. The van der Waals surface area contributed by atoms with Crippen LogP contribution in [0.2, 0.25) is 0 Å². The lowest BCUT2D eigenvalue weighted by molar-refractivity contribution is -0.116. The standard InChI is InChI=1S/C21H21N3O4/c1-26-15-7-5-14(6-8-15)24-12-22-20-16(11-19(25)23-21(20)24)13-4-9-17(27-2)18(10-13)28-3/h4-10,12,16H,11H2,1-3H3,(H,23,25)/t16-/m1/s1. The van der Waals surface area contributed by atoms with Crippen molar-refractivity contribution in [3.05, 3.63) is 60.0 Å². The normalized spacial score (nSPS) is 15.5. The van der Waals surface area contributed by atoms with Gasteiger partial charge in [0.1, 0.15) is 17.9 Å². The number of benzene rings is 2. The lowest BCUT2D eigenvalue weighted by Gasteiger charge is -2.24. The van der Waals surface area contributed by atoms with Gasteiger partial charge in [0.15, 0.2) is 11.5 Å². The molecule has 0 fully saturated rings. The van der Waals surface area contributed by atoms with E-state index in [1.165, 1.54) is 0 Å². The average Bonchev–Trinajstić information content (AvgIpc) is 3.16. The molecule has 1 atom stereocenters. The van der Waals surface area contributed by atoms with Crippen LogP contribution in [-0.2, 0) is 4.79 Å². The van der Waals surface area contributed by atoms with Gasteiger partial charge >= 0.3 is 0 Å². The SMILES string of the molecule is COc1ccc(-n2cnc3c2NC(=O)C[C@@H]3c2ccc(OC)c(OC)c2)cc1. The molecule has 1 aromatic heterocycles. The summed E-state index contributed by atoms with van der Waals surface area (Å²) in [6.45, 7) is 0. The summed E-state index contributed by atoms with van der Waals surface area (Å²) in [5.74, 6) is 2.51. The zero-order chi connectivity index (χ0) is 19.7. The summed E-state index contributed by atoms with van der Waals surface area (Å²) < 4.78 is 17.8. The highest BCUT2D eigenvalue weighted by Gasteiger charge is 2.31. The molecular formula is C21H21N3O4. The first-order valence-electron chi connectivity index (χ1n) is 8.88. The first-order valence-corrected chi connectivity index (χ1v) is 8.88. The Morgan fingerprint density at radius 1 is 1.00 bits per heavy atom. The van der Waals surface area contributed by atoms with E-state index >= 15 is 0 Å². The third-order valence-corrected chi connectivity index (χ3v) is 4.93. The second-order valence-electron chi connectivity index (χ2n) is 6.47. The zero-order valence-electron chi connectivity index (χ0n) is 15.9. The highest BCUT2D eigenvalue weighted by molar-refractivity contribution is 5.94. The van der Waals surface area contributed by atoms with Crippen molar-refractivity contribution in [1.29, 1.82) is 0 Å². The molecule has 0 radical (unpaired) electrons. The summed E-state index contributed by atoms with van der Waals surface area (Å²) in [5.41, 5.74) is 2.67. The molecule has 0 unspecified atom stereocenters. The van der Waals surface area contributed by atoms with Crippen LogP contribution in [0.25, 0.3) is 5.69 Å². The van der Waals surface area contributed by atoms with Crippen LogP contribution in [0.3, 0.4) is 0 Å². The third-order valence-electron chi connectivity index (χ3n) is 4.93. The minimum absolute atomic E-state index is 0.0532. The number of carbonyl (C=O) groups excluding carboxylic acids is 1. The van der Waals surface area contributed by atoms with Gasteiger partial charge in [-0.15, -0.1) is 0 Å². The highest BCUT2D eigenvalue weighted by Crippen LogP contribution is 2.40. The molecule has 144 valence electrons. The predicted octanol–water partition coefficient (Wildman–Crippen LogP) is 3.37. The summed E-state index contributed by atoms with van der Waals surface area (Å²) >= 11 is 0. The second kappa shape index (κ2) is 7.26. The number of hydrogen-bond acceptors (Lipinski definition) is 5. The predicted molar refractivity (Wildman–Crippen MR) is 105 cm³/mol. The molecule has 0 spiro atoms. The van der Waals surface area contributed by atoms with Crippen LogP contribution in [0, 0.1) is 0 Å². The van der Waals surface area contributed by atoms with E-state index in [4.69, 9.17) is 14.2 Å². The van der Waals surface area contributed by atoms with Crippen molar-refractivity contribution >= 4 is 11.7 Å². The van der Waals surface area contributed by atoms with Crippen LogP contribution >= 0.6 is 0 Å². The molecule has 7 nitrogen and oxygen atoms in total. The highest BCUT2D eigenvalue weighted by atomic mass is 16.5. The van der Waals surface area contributed by atoms with E-state index in [-0.39, 0.29) is 11.8 Å². The van der Waals surface area contributed by atoms with Crippen molar-refractivity contribution in [3.63, 3.8) is 0 Å². The molecular weight excluding hydrogens is 358 g/mol. The van der Waals surface area contributed by atoms with Crippen LogP contribution in [-0.4, -0.2) is 36.8 Å². The van der Waals surface area contributed by atoms with Gasteiger partial charge in [-0.05, 0) is 42.0 Å². The van der Waals surface area contributed by atoms with Crippen LogP contribution in [0.15, 0.2) is 48.8 Å². The number of hydrogen-bond donors (Lipinski definition) is 1. The van der Waals surface area contributed by atoms with Crippen molar-refractivity contribution in [2.45, 2.75) is 12.3 Å². The number of methoxy groups -OCH3 is 3. The molecule has 0 bridgehead atoms. The first kappa shape index (κ1) is 17.9. The largest absolute Gasteiger partial charge is 0.497 e. The Hall–Kier alpha value is -3.48. The van der Waals surface area contributed by atoms with E-state index < -0.39 is 0 Å². The number of nitrogens with one attached hydrogen (secondary N) is 1. The van der Waals surface area contributed by atoms with Gasteiger partial charge in [0.25, 0.3) is 0 Å². The maximum Gasteiger partial charge on any atom is 0.226 e. The van der Waals surface area contributed by atoms with E-state index in [0.29, 0.717) is 23.7 Å². The van der Waals surface area contributed by atoms with Gasteiger partial charge in [-0.1, -0.05) is 6.07 Å². The summed E-state index contributed by atoms with van der Waals surface area (Å²) in [5, 5.41) is 2.96. The average molecular weight is 379 g/mol. The number of anilines is 1. The number of nitrogens with zero attached hydrogens (tertiary/aromatic N) is 2. The Kier molecular flexibility index (Phi) is 4.65. The number of rotatable bonds is 5. The Bertz CT molecular complexity index is 1010. The van der Waals surface area contributed by atoms with Crippen LogP contribution in [0.1, 0.15) is 23.6 Å². The van der Waals surface area contributed by atoms with Crippen molar-refractivity contribution in [1.82, 2.24) is 9.55 Å². The van der Waals surface area contributed by atoms with E-state index in [1.807, 2.05) is 47.0 Å². The molecule has 0 saturated carbocycles. The van der Waals surface area contributed by atoms with Gasteiger partial charge in [-0.25, -0.2) is 4.98 Å². The Morgan fingerprint density at radius 3 is 2.43 bits per heavy atom. The van der Waals surface area contributed by atoms with Gasteiger partial charge in [0, 0.05) is 18.0 Å². The minimum atomic E-state index is -0.164. The molecule has 28 heavy (non-hydrogen) atoms. The Labute approximate surface area is 162 Å². The summed E-state index contributed by atoms with van der Waals surface area (Å²) in [6.07, 6.45) is 2.05. The van der Waals surface area contributed by atoms with Crippen LogP contribution in [0.5, 0.6) is 17.2 Å². The fourth-order valence-electron chi connectivity index (χ4n) is 3.49. The lowest BCUT2D eigenvalue weighted by Crippen LogP contribution is -2.25. The molecule has 2 aromatic carbocycles. The minimum Gasteiger partial charge on any atom is -0.497 e. The Balaban J connectivity index is 1.76. The lowest BCUT2D eigenvalue weighted by atomic mass is 9.89. The molecule has 1 aliphatic rings. The number of amides is 1. The number of imidazole rings is 1. The summed E-state index contributed by atoms with van der Waals surface area (Å²) in [7, 11) is 4.82. The van der Waals surface area contributed by atoms with Crippen LogP contribution in [0.4, 0.5) is 5.82 Å². The van der Waals surface area contributed by atoms with E-state index in [1.54, 1.807) is 27.7 Å². The number of aromatic nitrogens is 2. The molecule has 7 heteroatoms.